The summed E-state index contributed by atoms with van der Waals surface area (Å²) in [5.41, 5.74) is 3.01. The van der Waals surface area contributed by atoms with Crippen LogP contribution < -0.4 is 10.2 Å². The number of carbonyl (C=O) groups excluding carboxylic acids is 1. The number of nitro benzene ring substituents is 1. The number of hydrogen-bond donors (Lipinski definition) is 3. The van der Waals surface area contributed by atoms with Crippen LogP contribution in [0.3, 0.4) is 0 Å². The molecule has 0 radical (unpaired) electrons. The van der Waals surface area contributed by atoms with E-state index in [0.717, 1.165) is 17.9 Å². The molecule has 0 bridgehead atoms. The second-order valence-corrected chi connectivity index (χ2v) is 13.4. The highest BCUT2D eigenvalue weighted by Gasteiger charge is 2.25. The number of rotatable bonds is 26. The number of aliphatic hydroxyl groups excluding tert-OH is 1. The van der Waals surface area contributed by atoms with Crippen LogP contribution in [0.15, 0.2) is 76.0 Å². The van der Waals surface area contributed by atoms with E-state index in [2.05, 4.69) is 32.5 Å². The molecule has 0 heterocycles. The van der Waals surface area contributed by atoms with Gasteiger partial charge < -0.3 is 29.8 Å². The molecular formula is C36H51N6O10P. The molecule has 0 aliphatic heterocycles. The average molecular weight is 759 g/mol. The monoisotopic (exact) mass is 758 g/mol. The molecule has 290 valence electrons. The van der Waals surface area contributed by atoms with Crippen LogP contribution >= 0.6 is 7.82 Å². The quantitative estimate of drug-likeness (QED) is 0.0184. The number of nitro groups is 1. The number of aliphatic hydroxyl groups is 1. The van der Waals surface area contributed by atoms with Gasteiger partial charge in [0.1, 0.15) is 6.61 Å². The van der Waals surface area contributed by atoms with Crippen molar-refractivity contribution in [2.45, 2.75) is 65.4 Å². The van der Waals surface area contributed by atoms with Gasteiger partial charge in [-0.05, 0) is 82.3 Å². The summed E-state index contributed by atoms with van der Waals surface area (Å²) in [6, 6.07) is 17.7. The minimum absolute atomic E-state index is 0.0276. The van der Waals surface area contributed by atoms with Crippen molar-refractivity contribution >= 4 is 53.0 Å². The molecule has 16 nitrogen and oxygen atoms in total. The zero-order chi connectivity index (χ0) is 38.5. The number of anilines is 1. The van der Waals surface area contributed by atoms with Crippen LogP contribution in [0.25, 0.3) is 10.8 Å². The first-order chi connectivity index (χ1) is 25.6. The summed E-state index contributed by atoms with van der Waals surface area (Å²) in [4.78, 5) is 40.6. The first-order valence-electron chi connectivity index (χ1n) is 17.8. The maximum Gasteiger partial charge on any atom is 0.472 e. The molecule has 0 aliphatic rings. The van der Waals surface area contributed by atoms with Gasteiger partial charge in [0.05, 0.1) is 53.3 Å². The van der Waals surface area contributed by atoms with Gasteiger partial charge in [0, 0.05) is 49.9 Å². The molecule has 3 aromatic carbocycles. The number of likely N-dealkylation sites (N-methyl/N-ethyl adjacent to an activating group) is 1. The number of azo groups is 1. The molecule has 0 saturated carbocycles. The zero-order valence-electron chi connectivity index (χ0n) is 30.6. The fourth-order valence-electron chi connectivity index (χ4n) is 5.07. The van der Waals surface area contributed by atoms with E-state index in [1.54, 1.807) is 31.2 Å². The summed E-state index contributed by atoms with van der Waals surface area (Å²) in [5.74, 6) is -0.0688. The van der Waals surface area contributed by atoms with Crippen molar-refractivity contribution in [1.82, 2.24) is 5.32 Å². The van der Waals surface area contributed by atoms with E-state index in [0.29, 0.717) is 80.6 Å². The SMILES string of the molecule is CCC(COCCCNC(=O)CCC/C(C)=N\OCCN(CC)c1ccc(N=Nc2ccc([N+](=O)[O-])c3ccccc23)cc1)OP(=O)(O)OCCCO. The van der Waals surface area contributed by atoms with Gasteiger partial charge in [-0.25, -0.2) is 4.57 Å². The number of phosphoric acid groups is 1. The van der Waals surface area contributed by atoms with Gasteiger partial charge in [0.2, 0.25) is 5.91 Å². The van der Waals surface area contributed by atoms with E-state index < -0.39 is 18.8 Å². The molecule has 3 aromatic rings. The van der Waals surface area contributed by atoms with Gasteiger partial charge in [0.25, 0.3) is 5.69 Å². The van der Waals surface area contributed by atoms with Gasteiger partial charge in [-0.2, -0.15) is 5.11 Å². The van der Waals surface area contributed by atoms with Crippen molar-refractivity contribution < 1.29 is 42.9 Å². The third kappa shape index (κ3) is 15.7. The number of amides is 1. The third-order valence-electron chi connectivity index (χ3n) is 7.95. The zero-order valence-corrected chi connectivity index (χ0v) is 31.5. The fraction of sp³-hybridized carbons (Fsp3) is 0.500. The molecule has 0 aromatic heterocycles. The molecule has 3 N–H and O–H groups in total. The van der Waals surface area contributed by atoms with Crippen molar-refractivity contribution in [3.05, 3.63) is 70.8 Å². The molecule has 17 heteroatoms. The van der Waals surface area contributed by atoms with E-state index in [-0.39, 0.29) is 37.8 Å². The topological polar surface area (TPSA) is 207 Å². The highest BCUT2D eigenvalue weighted by molar-refractivity contribution is 7.47. The molecule has 0 spiro atoms. The van der Waals surface area contributed by atoms with Crippen molar-refractivity contribution in [3.8, 4) is 0 Å². The number of nitrogens with zero attached hydrogens (tertiary/aromatic N) is 5. The number of carbonyl (C=O) groups is 1. The maximum atomic E-state index is 12.2. The highest BCUT2D eigenvalue weighted by Crippen LogP contribution is 2.45. The second kappa shape index (κ2) is 23.4. The van der Waals surface area contributed by atoms with Crippen LogP contribution in [0.1, 0.15) is 59.3 Å². The lowest BCUT2D eigenvalue weighted by molar-refractivity contribution is -0.383. The lowest BCUT2D eigenvalue weighted by Gasteiger charge is -2.22. The molecule has 2 unspecified atom stereocenters. The van der Waals surface area contributed by atoms with Crippen LogP contribution in [-0.4, -0.2) is 85.3 Å². The van der Waals surface area contributed by atoms with Crippen molar-refractivity contribution in [3.63, 3.8) is 0 Å². The minimum Gasteiger partial charge on any atom is -0.396 e. The fourth-order valence-corrected chi connectivity index (χ4v) is 6.08. The van der Waals surface area contributed by atoms with Gasteiger partial charge in [-0.3, -0.25) is 24.0 Å². The molecule has 53 heavy (non-hydrogen) atoms. The normalized spacial score (nSPS) is 13.6. The minimum atomic E-state index is -4.21. The number of fused-ring (bicyclic) bond motifs is 1. The van der Waals surface area contributed by atoms with Gasteiger partial charge in [-0.1, -0.05) is 30.3 Å². The summed E-state index contributed by atoms with van der Waals surface area (Å²) >= 11 is 0. The largest absolute Gasteiger partial charge is 0.472 e. The summed E-state index contributed by atoms with van der Waals surface area (Å²) < 4.78 is 27.4. The summed E-state index contributed by atoms with van der Waals surface area (Å²) in [7, 11) is -4.21. The van der Waals surface area contributed by atoms with Crippen LogP contribution in [0.2, 0.25) is 0 Å². The first-order valence-corrected chi connectivity index (χ1v) is 19.3. The number of benzene rings is 3. The Bertz CT molecular complexity index is 1690. The molecule has 0 fully saturated rings. The van der Waals surface area contributed by atoms with Crippen LogP contribution in [0.5, 0.6) is 0 Å². The average Bonchev–Trinajstić information content (AvgIpc) is 3.15. The Labute approximate surface area is 309 Å². The van der Waals surface area contributed by atoms with E-state index in [4.69, 9.17) is 23.7 Å². The predicted octanol–water partition coefficient (Wildman–Crippen LogP) is 7.37. The van der Waals surface area contributed by atoms with E-state index >= 15 is 0 Å². The smallest absolute Gasteiger partial charge is 0.396 e. The number of ether oxygens (including phenoxy) is 1. The van der Waals surface area contributed by atoms with Gasteiger partial charge in [-0.15, -0.1) is 5.11 Å². The second-order valence-electron chi connectivity index (χ2n) is 12.0. The van der Waals surface area contributed by atoms with Crippen LogP contribution in [-0.2, 0) is 28.0 Å². The van der Waals surface area contributed by atoms with Crippen molar-refractivity contribution in [2.24, 2.45) is 15.4 Å². The Morgan fingerprint density at radius 1 is 0.981 bits per heavy atom. The van der Waals surface area contributed by atoms with E-state index in [1.807, 2.05) is 37.3 Å². The van der Waals surface area contributed by atoms with E-state index in [9.17, 15) is 24.4 Å². The maximum absolute atomic E-state index is 12.2. The highest BCUT2D eigenvalue weighted by atomic mass is 31.2. The Hall–Kier alpha value is -4.31. The number of oxime groups is 1. The summed E-state index contributed by atoms with van der Waals surface area (Å²) in [6.07, 6.45) is 2.25. The van der Waals surface area contributed by atoms with Crippen molar-refractivity contribution in [2.75, 3.05) is 57.6 Å². The number of hydrogen-bond acceptors (Lipinski definition) is 13. The van der Waals surface area contributed by atoms with E-state index in [1.165, 1.54) is 6.07 Å². The lowest BCUT2D eigenvalue weighted by Crippen LogP contribution is -2.26. The molecular weight excluding hydrogens is 707 g/mol. The molecule has 1 amide bonds. The first kappa shape index (κ1) is 43.1. The third-order valence-corrected chi connectivity index (χ3v) is 9.02. The standard InChI is InChI=1S/C36H51N6O10P/c1-4-31(52-53(47,48)51-25-10-23-43)27-49-24-9-21-37-36(44)14-8-11-28(3)40-50-26-22-41(5-2)30-17-15-29(16-18-30)38-39-34-19-20-35(42(45)46)33-13-7-6-12-32(33)34/h6-7,12-13,15-20,31,43H,4-5,8-11,14,21-27H2,1-3H3,(H,37,44)(H,47,48)/b39-38?,40-28-. The van der Waals surface area contributed by atoms with Gasteiger partial charge >= 0.3 is 7.82 Å². The molecule has 2 atom stereocenters. The van der Waals surface area contributed by atoms with Gasteiger partial charge in [0.15, 0.2) is 0 Å². The Balaban J connectivity index is 1.30. The number of phosphoric ester groups is 1. The Morgan fingerprint density at radius 2 is 1.74 bits per heavy atom. The summed E-state index contributed by atoms with van der Waals surface area (Å²) in [6.45, 7) is 8.14. The summed E-state index contributed by atoms with van der Waals surface area (Å²) in [5, 5.41) is 37.1. The van der Waals surface area contributed by atoms with Crippen LogP contribution in [0.4, 0.5) is 22.7 Å². The van der Waals surface area contributed by atoms with Crippen LogP contribution in [0, 0.1) is 10.1 Å². The lowest BCUT2D eigenvalue weighted by atomic mass is 10.1. The Morgan fingerprint density at radius 3 is 2.43 bits per heavy atom. The number of non-ortho nitro benzene ring substituents is 1. The number of nitrogens with one attached hydrogen (secondary N) is 1. The molecule has 0 aliphatic carbocycles. The molecule has 3 rings (SSSR count). The van der Waals surface area contributed by atoms with Crippen molar-refractivity contribution in [1.29, 1.82) is 0 Å². The Kier molecular flexibility index (Phi) is 19.0. The molecule has 0 saturated heterocycles. The predicted molar refractivity (Wildman–Crippen MR) is 203 cm³/mol.